The van der Waals surface area contributed by atoms with E-state index in [9.17, 15) is 4.57 Å². The van der Waals surface area contributed by atoms with Crippen LogP contribution in [-0.2, 0) is 28.4 Å². The number of ether oxygens (including phenoxy) is 1. The number of rotatable bonds is 17. The zero-order chi connectivity index (χ0) is 18.6. The van der Waals surface area contributed by atoms with Crippen molar-refractivity contribution in [3.63, 3.8) is 0 Å². The van der Waals surface area contributed by atoms with Gasteiger partial charge >= 0.3 is 7.60 Å². The van der Waals surface area contributed by atoms with Crippen molar-refractivity contribution >= 4 is 7.60 Å². The second kappa shape index (κ2) is 14.3. The van der Waals surface area contributed by atoms with E-state index in [1.165, 1.54) is 0 Å². The van der Waals surface area contributed by atoms with E-state index in [1.807, 2.05) is 0 Å². The van der Waals surface area contributed by atoms with Crippen molar-refractivity contribution in [2.45, 2.75) is 59.5 Å². The summed E-state index contributed by atoms with van der Waals surface area (Å²) < 4.78 is 29.4. The molecule has 1 heterocycles. The van der Waals surface area contributed by atoms with E-state index in [1.54, 1.807) is 13.8 Å². The summed E-state index contributed by atoms with van der Waals surface area (Å²) >= 11 is 0. The Morgan fingerprint density at radius 2 is 1.46 bits per heavy atom. The monoisotopic (exact) mass is 417 g/mol. The molecule has 0 bridgehead atoms. The second-order valence-corrected chi connectivity index (χ2v) is 8.62. The van der Waals surface area contributed by atoms with Crippen LogP contribution >= 0.6 is 7.60 Å². The molecule has 1 rings (SSSR count). The number of epoxide rings is 1. The minimum absolute atomic E-state index is 0. The Balaban J connectivity index is 0.00000625. The molecule has 0 aliphatic carbocycles. The third-order valence-electron chi connectivity index (χ3n) is 4.38. The smallest absolute Gasteiger partial charge is 0.389 e. The SMILES string of the molecule is CCCC[N+](CCCC)(CCP(=O)(OOCC)OOCC)CC1CO1.[Cl-]. The van der Waals surface area contributed by atoms with Crippen LogP contribution in [0.2, 0.25) is 0 Å². The van der Waals surface area contributed by atoms with Gasteiger partial charge in [0.1, 0.15) is 18.8 Å². The lowest BCUT2D eigenvalue weighted by Gasteiger charge is -2.39. The molecule has 7 nitrogen and oxygen atoms in total. The third kappa shape index (κ3) is 10.6. The van der Waals surface area contributed by atoms with Gasteiger partial charge in [-0.25, -0.2) is 9.78 Å². The Hall–Kier alpha value is 0.280. The Labute approximate surface area is 165 Å². The minimum atomic E-state index is -3.44. The fourth-order valence-corrected chi connectivity index (χ4v) is 4.26. The van der Waals surface area contributed by atoms with Crippen LogP contribution in [0, 0.1) is 0 Å². The van der Waals surface area contributed by atoms with E-state index >= 15 is 0 Å². The molecule has 0 radical (unpaired) electrons. The summed E-state index contributed by atoms with van der Waals surface area (Å²) in [5.41, 5.74) is 0. The Kier molecular flexibility index (Phi) is 14.5. The number of quaternary nitrogens is 1. The molecule has 0 amide bonds. The molecule has 158 valence electrons. The summed E-state index contributed by atoms with van der Waals surface area (Å²) in [5, 5.41) is 0. The summed E-state index contributed by atoms with van der Waals surface area (Å²) in [7, 11) is -3.44. The molecule has 26 heavy (non-hydrogen) atoms. The van der Waals surface area contributed by atoms with Gasteiger partial charge in [-0.3, -0.25) is 4.57 Å². The van der Waals surface area contributed by atoms with Crippen molar-refractivity contribution in [3.05, 3.63) is 0 Å². The predicted molar refractivity (Wildman–Crippen MR) is 97.2 cm³/mol. The summed E-state index contributed by atoms with van der Waals surface area (Å²) in [6.45, 7) is 13.2. The third-order valence-corrected chi connectivity index (χ3v) is 5.79. The quantitative estimate of drug-likeness (QED) is 0.115. The molecule has 9 heteroatoms. The van der Waals surface area contributed by atoms with Gasteiger partial charge in [0.15, 0.2) is 0 Å². The molecular formula is C17H37ClNO6P. The van der Waals surface area contributed by atoms with Crippen LogP contribution in [-0.4, -0.2) is 62.7 Å². The largest absolute Gasteiger partial charge is 1.00 e. The van der Waals surface area contributed by atoms with E-state index in [0.717, 1.165) is 56.4 Å². The van der Waals surface area contributed by atoms with Gasteiger partial charge in [-0.2, -0.15) is 0 Å². The fraction of sp³-hybridized carbons (Fsp3) is 1.00. The Morgan fingerprint density at radius 3 is 1.85 bits per heavy atom. The summed E-state index contributed by atoms with van der Waals surface area (Å²) in [5.74, 6) is 0. The maximum absolute atomic E-state index is 12.9. The zero-order valence-electron chi connectivity index (χ0n) is 16.8. The van der Waals surface area contributed by atoms with Gasteiger partial charge in [-0.05, 0) is 26.7 Å². The maximum atomic E-state index is 12.9. The van der Waals surface area contributed by atoms with E-state index < -0.39 is 7.60 Å². The fourth-order valence-electron chi connectivity index (χ4n) is 2.89. The van der Waals surface area contributed by atoms with Gasteiger partial charge in [0.2, 0.25) is 0 Å². The van der Waals surface area contributed by atoms with Gasteiger partial charge in [0, 0.05) is 0 Å². The van der Waals surface area contributed by atoms with Crippen LogP contribution in [0.1, 0.15) is 53.4 Å². The first-order valence-electron chi connectivity index (χ1n) is 9.71. The average molecular weight is 418 g/mol. The summed E-state index contributed by atoms with van der Waals surface area (Å²) in [4.78, 5) is 9.83. The van der Waals surface area contributed by atoms with Gasteiger partial charge in [-0.15, -0.1) is 9.35 Å². The molecule has 1 aliphatic rings. The number of hydrogen-bond donors (Lipinski definition) is 0. The zero-order valence-corrected chi connectivity index (χ0v) is 18.4. The Morgan fingerprint density at radius 1 is 0.962 bits per heavy atom. The van der Waals surface area contributed by atoms with Crippen molar-refractivity contribution < 1.29 is 45.3 Å². The summed E-state index contributed by atoms with van der Waals surface area (Å²) in [6, 6.07) is 0. The highest BCUT2D eigenvalue weighted by Gasteiger charge is 2.39. The molecule has 0 aromatic carbocycles. The Bertz CT molecular complexity index is 377. The van der Waals surface area contributed by atoms with E-state index in [-0.39, 0.29) is 18.6 Å². The van der Waals surface area contributed by atoms with Crippen molar-refractivity contribution in [1.29, 1.82) is 0 Å². The van der Waals surface area contributed by atoms with Crippen molar-refractivity contribution in [1.82, 2.24) is 0 Å². The van der Waals surface area contributed by atoms with Gasteiger partial charge in [0.25, 0.3) is 0 Å². The van der Waals surface area contributed by atoms with Crippen molar-refractivity contribution in [2.24, 2.45) is 0 Å². The summed E-state index contributed by atoms with van der Waals surface area (Å²) in [6.07, 6.45) is 5.15. The molecule has 1 saturated heterocycles. The van der Waals surface area contributed by atoms with Crippen LogP contribution < -0.4 is 12.4 Å². The van der Waals surface area contributed by atoms with Gasteiger partial charge in [0.05, 0.1) is 39.5 Å². The molecule has 1 unspecified atom stereocenters. The number of unbranched alkanes of at least 4 members (excludes halogenated alkanes) is 2. The molecule has 1 aliphatic heterocycles. The number of halogens is 1. The minimum Gasteiger partial charge on any atom is -1.00 e. The first-order chi connectivity index (χ1) is 12.0. The lowest BCUT2D eigenvalue weighted by molar-refractivity contribution is -0.927. The lowest BCUT2D eigenvalue weighted by Crippen LogP contribution is -3.00. The molecule has 0 spiro atoms. The molecule has 0 N–H and O–H groups in total. The van der Waals surface area contributed by atoms with Gasteiger partial charge < -0.3 is 21.6 Å². The standard InChI is InChI=1S/C17H37NO6P.ClH/c1-5-9-11-18(12-10-6-2,15-17-16-20-17)13-14-25(19,23-21-7-3)24-22-8-4;/h17H,5-16H2,1-4H3;1H/q+1;/p-1. The van der Waals surface area contributed by atoms with Crippen molar-refractivity contribution in [2.75, 3.05) is 52.2 Å². The van der Waals surface area contributed by atoms with Crippen LogP contribution in [0.3, 0.4) is 0 Å². The lowest BCUT2D eigenvalue weighted by atomic mass is 10.2. The molecule has 0 aromatic rings. The van der Waals surface area contributed by atoms with Crippen LogP contribution in [0.4, 0.5) is 0 Å². The number of nitrogens with zero attached hydrogens (tertiary/aromatic N) is 1. The van der Waals surface area contributed by atoms with Crippen LogP contribution in [0.15, 0.2) is 0 Å². The molecule has 1 atom stereocenters. The normalized spacial score (nSPS) is 17.2. The predicted octanol–water partition coefficient (Wildman–Crippen LogP) is 0.936. The van der Waals surface area contributed by atoms with E-state index in [0.29, 0.717) is 25.9 Å². The molecule has 0 aromatic heterocycles. The highest BCUT2D eigenvalue weighted by atomic mass is 35.5. The number of hydrogen-bond acceptors (Lipinski definition) is 6. The van der Waals surface area contributed by atoms with E-state index in [4.69, 9.17) is 23.9 Å². The molecule has 0 saturated carbocycles. The van der Waals surface area contributed by atoms with Crippen molar-refractivity contribution in [3.8, 4) is 0 Å². The highest BCUT2D eigenvalue weighted by molar-refractivity contribution is 7.53. The first kappa shape index (κ1) is 26.3. The topological polar surface area (TPSA) is 66.5 Å². The molecular weight excluding hydrogens is 381 g/mol. The van der Waals surface area contributed by atoms with Gasteiger partial charge in [-0.1, -0.05) is 26.7 Å². The van der Waals surface area contributed by atoms with Crippen LogP contribution in [0.25, 0.3) is 0 Å². The average Bonchev–Trinajstić information content (AvgIpc) is 3.43. The van der Waals surface area contributed by atoms with Crippen LogP contribution in [0.5, 0.6) is 0 Å². The van der Waals surface area contributed by atoms with E-state index in [2.05, 4.69) is 13.8 Å². The second-order valence-electron chi connectivity index (χ2n) is 6.65. The first-order valence-corrected chi connectivity index (χ1v) is 11.4. The highest BCUT2D eigenvalue weighted by Crippen LogP contribution is 2.49. The molecule has 1 fully saturated rings. The maximum Gasteiger partial charge on any atom is 0.389 e.